The Hall–Kier alpha value is -3.55. The summed E-state index contributed by atoms with van der Waals surface area (Å²) in [6, 6.07) is 15.9. The van der Waals surface area contributed by atoms with Gasteiger partial charge in [-0.15, -0.1) is 11.3 Å². The second-order valence-electron chi connectivity index (χ2n) is 8.79. The molecular formula is C29H28F3N3S. The first kappa shape index (κ1) is 27.0. The summed E-state index contributed by atoms with van der Waals surface area (Å²) in [6.07, 6.45) is 2.00. The van der Waals surface area contributed by atoms with Crippen molar-refractivity contribution in [2.45, 2.75) is 40.3 Å². The third-order valence-corrected chi connectivity index (χ3v) is 7.59. The highest BCUT2D eigenvalue weighted by Gasteiger charge is 2.57. The predicted octanol–water partition coefficient (Wildman–Crippen LogP) is 8.41. The van der Waals surface area contributed by atoms with Gasteiger partial charge in [0.15, 0.2) is 0 Å². The van der Waals surface area contributed by atoms with Crippen molar-refractivity contribution in [3.05, 3.63) is 80.1 Å². The van der Waals surface area contributed by atoms with E-state index >= 15 is 0 Å². The summed E-state index contributed by atoms with van der Waals surface area (Å²) in [5, 5.41) is 18.9. The minimum absolute atomic E-state index is 0.0602. The minimum Gasteiger partial charge on any atom is -0.372 e. The Bertz CT molecular complexity index is 1310. The zero-order chi connectivity index (χ0) is 26.5. The number of benzene rings is 1. The van der Waals surface area contributed by atoms with Crippen molar-refractivity contribution in [1.82, 2.24) is 0 Å². The van der Waals surface area contributed by atoms with Gasteiger partial charge in [0.05, 0.1) is 23.1 Å². The molecule has 0 spiro atoms. The van der Waals surface area contributed by atoms with Crippen LogP contribution in [0.1, 0.15) is 49.4 Å². The van der Waals surface area contributed by atoms with Gasteiger partial charge >= 0.3 is 6.18 Å². The Labute approximate surface area is 214 Å². The van der Waals surface area contributed by atoms with Crippen molar-refractivity contribution in [1.29, 1.82) is 10.5 Å². The number of thiophene rings is 1. The van der Waals surface area contributed by atoms with E-state index < -0.39 is 18.0 Å². The van der Waals surface area contributed by atoms with Crippen LogP contribution in [-0.4, -0.2) is 19.3 Å². The number of hydrogen-bond acceptors (Lipinski definition) is 4. The number of rotatable bonds is 7. The molecule has 3 nitrogen and oxygen atoms in total. The van der Waals surface area contributed by atoms with Crippen LogP contribution >= 0.6 is 11.3 Å². The van der Waals surface area contributed by atoms with Crippen LogP contribution in [0.25, 0.3) is 18.2 Å². The first-order valence-electron chi connectivity index (χ1n) is 11.7. The standard InChI is InChI=1S/C29H28F3N3S/c1-5-35(6-2)22-10-7-21(8-11-22)9-12-23-13-14-24(36-23)15-16-27-26(19-34)25(20(3)18-33)17-28(27,4)29(30,31)32/h7-16H,5-6,17H2,1-4H3/b12-9+,16-15+,25-20-. The molecular weight excluding hydrogens is 479 g/mol. The first-order valence-corrected chi connectivity index (χ1v) is 12.5. The van der Waals surface area contributed by atoms with Crippen molar-refractivity contribution < 1.29 is 13.2 Å². The van der Waals surface area contributed by atoms with Crippen LogP contribution in [0.5, 0.6) is 0 Å². The van der Waals surface area contributed by atoms with Gasteiger partial charge in [-0.05, 0) is 87.2 Å². The molecule has 1 aromatic heterocycles. The van der Waals surface area contributed by atoms with Crippen molar-refractivity contribution in [2.75, 3.05) is 18.0 Å². The smallest absolute Gasteiger partial charge is 0.372 e. The van der Waals surface area contributed by atoms with Crippen molar-refractivity contribution in [3.63, 3.8) is 0 Å². The minimum atomic E-state index is -4.56. The molecule has 1 aliphatic carbocycles. The molecule has 0 radical (unpaired) electrons. The third-order valence-electron chi connectivity index (χ3n) is 6.58. The molecule has 36 heavy (non-hydrogen) atoms. The molecule has 1 aliphatic rings. The van der Waals surface area contributed by atoms with Crippen molar-refractivity contribution in [3.8, 4) is 12.1 Å². The average molecular weight is 508 g/mol. The molecule has 0 saturated heterocycles. The van der Waals surface area contributed by atoms with Crippen molar-refractivity contribution >= 4 is 35.3 Å². The lowest BCUT2D eigenvalue weighted by Crippen LogP contribution is -2.34. The van der Waals surface area contributed by atoms with Crippen LogP contribution in [0.2, 0.25) is 0 Å². The summed E-state index contributed by atoms with van der Waals surface area (Å²) in [5.74, 6) is 0. The summed E-state index contributed by atoms with van der Waals surface area (Å²) >= 11 is 1.45. The summed E-state index contributed by atoms with van der Waals surface area (Å²) in [6.45, 7) is 8.68. The molecule has 2 aromatic rings. The van der Waals surface area contributed by atoms with Crippen LogP contribution in [0.15, 0.2) is 64.8 Å². The summed E-state index contributed by atoms with van der Waals surface area (Å²) < 4.78 is 42.2. The third kappa shape index (κ3) is 5.48. The molecule has 0 saturated carbocycles. The molecule has 3 rings (SSSR count). The lowest BCUT2D eigenvalue weighted by atomic mass is 9.81. The molecule has 0 bridgehead atoms. The maximum Gasteiger partial charge on any atom is 0.398 e. The lowest BCUT2D eigenvalue weighted by molar-refractivity contribution is -0.200. The van der Waals surface area contributed by atoms with E-state index in [4.69, 9.17) is 0 Å². The number of hydrogen-bond donors (Lipinski definition) is 0. The van der Waals surface area contributed by atoms with Crippen LogP contribution in [0, 0.1) is 28.1 Å². The highest BCUT2D eigenvalue weighted by molar-refractivity contribution is 7.13. The molecule has 0 aliphatic heterocycles. The number of halogens is 3. The summed E-state index contributed by atoms with van der Waals surface area (Å²) in [5.41, 5.74) is 0.155. The molecule has 0 fully saturated rings. The van der Waals surface area contributed by atoms with Gasteiger partial charge in [0.2, 0.25) is 0 Å². The maximum atomic E-state index is 14.1. The van der Waals surface area contributed by atoms with Crippen LogP contribution in [-0.2, 0) is 0 Å². The Morgan fingerprint density at radius 2 is 1.58 bits per heavy atom. The van der Waals surface area contributed by atoms with Crippen LogP contribution in [0.4, 0.5) is 18.9 Å². The Morgan fingerprint density at radius 1 is 1.00 bits per heavy atom. The Kier molecular flexibility index (Phi) is 8.28. The quantitative estimate of drug-likeness (QED) is 0.354. The number of nitriles is 2. The number of nitrogens with zero attached hydrogens (tertiary/aromatic N) is 3. The number of allylic oxidation sites excluding steroid dienone is 5. The number of alkyl halides is 3. The van der Waals surface area contributed by atoms with Gasteiger partial charge < -0.3 is 4.90 Å². The predicted molar refractivity (Wildman–Crippen MR) is 142 cm³/mol. The maximum absolute atomic E-state index is 14.1. The van der Waals surface area contributed by atoms with Gasteiger partial charge in [-0.25, -0.2) is 0 Å². The lowest BCUT2D eigenvalue weighted by Gasteiger charge is -2.29. The fraction of sp³-hybridized carbons (Fsp3) is 0.310. The highest BCUT2D eigenvalue weighted by Crippen LogP contribution is 2.56. The zero-order valence-corrected chi connectivity index (χ0v) is 21.6. The summed E-state index contributed by atoms with van der Waals surface area (Å²) in [7, 11) is 0. The largest absolute Gasteiger partial charge is 0.398 e. The molecule has 1 aromatic carbocycles. The summed E-state index contributed by atoms with van der Waals surface area (Å²) in [4.78, 5) is 4.01. The van der Waals surface area contributed by atoms with Crippen LogP contribution < -0.4 is 4.90 Å². The molecule has 186 valence electrons. The first-order chi connectivity index (χ1) is 17.1. The van der Waals surface area contributed by atoms with Gasteiger partial charge in [0.25, 0.3) is 0 Å². The van der Waals surface area contributed by atoms with E-state index in [1.54, 1.807) is 6.08 Å². The molecule has 0 N–H and O–H groups in total. The van der Waals surface area contributed by atoms with E-state index in [0.29, 0.717) is 0 Å². The fourth-order valence-electron chi connectivity index (χ4n) is 4.29. The molecule has 1 unspecified atom stereocenters. The van der Waals surface area contributed by atoms with E-state index in [1.807, 2.05) is 36.4 Å². The van der Waals surface area contributed by atoms with E-state index in [9.17, 15) is 23.7 Å². The number of anilines is 1. The van der Waals surface area contributed by atoms with E-state index in [2.05, 4.69) is 43.0 Å². The second-order valence-corrected chi connectivity index (χ2v) is 9.94. The Balaban J connectivity index is 1.85. The van der Waals surface area contributed by atoms with E-state index in [-0.39, 0.29) is 22.3 Å². The molecule has 1 atom stereocenters. The van der Waals surface area contributed by atoms with Gasteiger partial charge in [-0.3, -0.25) is 0 Å². The normalized spacial score (nSPS) is 19.7. The van der Waals surface area contributed by atoms with E-state index in [1.165, 1.54) is 30.0 Å². The van der Waals surface area contributed by atoms with E-state index in [0.717, 1.165) is 35.3 Å². The SMILES string of the molecule is CCN(CC)c1ccc(/C=C/c2ccc(/C=C/C3=C(C#N)C(=C(/C)C#N)/CC3(C)C(F)(F)F)s2)cc1. The zero-order valence-electron chi connectivity index (χ0n) is 20.8. The van der Waals surface area contributed by atoms with Gasteiger partial charge in [-0.1, -0.05) is 24.3 Å². The second kappa shape index (κ2) is 11.0. The monoisotopic (exact) mass is 507 g/mol. The van der Waals surface area contributed by atoms with Gasteiger partial charge in [0.1, 0.15) is 0 Å². The fourth-order valence-corrected chi connectivity index (χ4v) is 5.10. The molecule has 0 amide bonds. The highest BCUT2D eigenvalue weighted by atomic mass is 32.1. The topological polar surface area (TPSA) is 50.8 Å². The van der Waals surface area contributed by atoms with Crippen LogP contribution in [0.3, 0.4) is 0 Å². The van der Waals surface area contributed by atoms with Gasteiger partial charge in [-0.2, -0.15) is 23.7 Å². The Morgan fingerprint density at radius 3 is 2.08 bits per heavy atom. The van der Waals surface area contributed by atoms with Crippen molar-refractivity contribution in [2.24, 2.45) is 5.41 Å². The van der Waals surface area contributed by atoms with Gasteiger partial charge in [0, 0.05) is 34.1 Å². The molecule has 1 heterocycles. The molecule has 7 heteroatoms. The average Bonchev–Trinajstić information content (AvgIpc) is 3.44.